The zero-order valence-corrected chi connectivity index (χ0v) is 17.4. The average molecular weight is 417 g/mol. The summed E-state index contributed by atoms with van der Waals surface area (Å²) in [7, 11) is 0. The number of halogens is 1. The van der Waals surface area contributed by atoms with Crippen LogP contribution in [0.2, 0.25) is 5.02 Å². The van der Waals surface area contributed by atoms with Gasteiger partial charge in [-0.2, -0.15) is 0 Å². The molecular formula is C22H25ClN2O4. The Morgan fingerprint density at radius 3 is 2.17 bits per heavy atom. The normalized spacial score (nSPS) is 12.7. The Hall–Kier alpha value is -2.86. The van der Waals surface area contributed by atoms with E-state index in [1.165, 1.54) is 0 Å². The van der Waals surface area contributed by atoms with Crippen molar-refractivity contribution in [3.8, 4) is 0 Å². The molecule has 0 aliphatic carbocycles. The summed E-state index contributed by atoms with van der Waals surface area (Å²) in [4.78, 5) is 37.0. The molecule has 0 aliphatic rings. The lowest BCUT2D eigenvalue weighted by Gasteiger charge is -2.21. The van der Waals surface area contributed by atoms with Gasteiger partial charge in [0, 0.05) is 0 Å². The molecule has 2 amide bonds. The van der Waals surface area contributed by atoms with E-state index in [2.05, 4.69) is 10.6 Å². The number of carbonyl (C=O) groups is 3. The molecule has 0 aromatic heterocycles. The molecular weight excluding hydrogens is 392 g/mol. The van der Waals surface area contributed by atoms with Crippen molar-refractivity contribution in [3.63, 3.8) is 0 Å². The Labute approximate surface area is 175 Å². The van der Waals surface area contributed by atoms with E-state index in [1.54, 1.807) is 38.1 Å². The molecule has 7 heteroatoms. The van der Waals surface area contributed by atoms with Gasteiger partial charge in [-0.1, -0.05) is 67.9 Å². The van der Waals surface area contributed by atoms with Gasteiger partial charge in [-0.15, -0.1) is 0 Å². The van der Waals surface area contributed by atoms with Crippen molar-refractivity contribution in [1.29, 1.82) is 0 Å². The molecule has 0 radical (unpaired) electrons. The van der Waals surface area contributed by atoms with Crippen molar-refractivity contribution >= 4 is 29.4 Å². The molecule has 2 rings (SSSR count). The number of amides is 2. The summed E-state index contributed by atoms with van der Waals surface area (Å²) in [6, 6.07) is 14.9. The monoisotopic (exact) mass is 416 g/mol. The lowest BCUT2D eigenvalue weighted by molar-refractivity contribution is -0.151. The van der Waals surface area contributed by atoms with Gasteiger partial charge in [0.25, 0.3) is 11.8 Å². The molecule has 0 heterocycles. The molecule has 154 valence electrons. The minimum absolute atomic E-state index is 0.219. The van der Waals surface area contributed by atoms with Gasteiger partial charge in [-0.3, -0.25) is 9.59 Å². The molecule has 0 saturated heterocycles. The van der Waals surface area contributed by atoms with Crippen LogP contribution in [0.1, 0.15) is 42.7 Å². The van der Waals surface area contributed by atoms with Crippen LogP contribution in [0, 0.1) is 5.92 Å². The molecule has 0 saturated carbocycles. The Balaban J connectivity index is 1.91. The standard InChI is InChI=1S/C22H25ClN2O4/c1-14(2)20(25-21(27)17-11-7-8-12-18(17)23)22(28)29-13-19(26)24-15(3)16-9-5-4-6-10-16/h4-12,14-15,20H,13H2,1-3H3,(H,24,26)(H,25,27)/t15-,20-/m0/s1. The van der Waals surface area contributed by atoms with E-state index >= 15 is 0 Å². The fourth-order valence-corrected chi connectivity index (χ4v) is 2.92. The summed E-state index contributed by atoms with van der Waals surface area (Å²) >= 11 is 6.03. The van der Waals surface area contributed by atoms with Crippen molar-refractivity contribution in [1.82, 2.24) is 10.6 Å². The number of esters is 1. The van der Waals surface area contributed by atoms with Gasteiger partial charge in [-0.05, 0) is 30.5 Å². The maximum Gasteiger partial charge on any atom is 0.329 e. The van der Waals surface area contributed by atoms with E-state index in [-0.39, 0.29) is 22.5 Å². The van der Waals surface area contributed by atoms with E-state index in [0.29, 0.717) is 0 Å². The highest BCUT2D eigenvalue weighted by atomic mass is 35.5. The Kier molecular flexibility index (Phi) is 8.21. The fourth-order valence-electron chi connectivity index (χ4n) is 2.70. The Bertz CT molecular complexity index is 855. The molecule has 0 fully saturated rings. The van der Waals surface area contributed by atoms with Gasteiger partial charge in [0.2, 0.25) is 0 Å². The lowest BCUT2D eigenvalue weighted by atomic mass is 10.0. The highest BCUT2D eigenvalue weighted by molar-refractivity contribution is 6.33. The first-order valence-corrected chi connectivity index (χ1v) is 9.73. The van der Waals surface area contributed by atoms with Crippen LogP contribution in [0.3, 0.4) is 0 Å². The SMILES string of the molecule is CC(C)[C@H](NC(=O)c1ccccc1Cl)C(=O)OCC(=O)N[C@@H](C)c1ccccc1. The van der Waals surface area contributed by atoms with Crippen molar-refractivity contribution in [2.45, 2.75) is 32.9 Å². The topological polar surface area (TPSA) is 84.5 Å². The molecule has 0 spiro atoms. The molecule has 0 aliphatic heterocycles. The van der Waals surface area contributed by atoms with Crippen LogP contribution in [0.5, 0.6) is 0 Å². The van der Waals surface area contributed by atoms with Gasteiger partial charge in [-0.25, -0.2) is 4.79 Å². The fraction of sp³-hybridized carbons (Fsp3) is 0.318. The number of hydrogen-bond acceptors (Lipinski definition) is 4. The van der Waals surface area contributed by atoms with Crippen LogP contribution in [0.4, 0.5) is 0 Å². The summed E-state index contributed by atoms with van der Waals surface area (Å²) in [5.74, 6) is -1.81. The van der Waals surface area contributed by atoms with Gasteiger partial charge in [0.05, 0.1) is 16.6 Å². The van der Waals surface area contributed by atoms with E-state index in [9.17, 15) is 14.4 Å². The number of benzene rings is 2. The quantitative estimate of drug-likeness (QED) is 0.645. The summed E-state index contributed by atoms with van der Waals surface area (Å²) in [5, 5.41) is 5.69. The summed E-state index contributed by atoms with van der Waals surface area (Å²) in [5.41, 5.74) is 1.21. The van der Waals surface area contributed by atoms with E-state index in [1.807, 2.05) is 37.3 Å². The maximum atomic E-state index is 12.4. The number of nitrogens with one attached hydrogen (secondary N) is 2. The third-order valence-electron chi connectivity index (χ3n) is 4.35. The Morgan fingerprint density at radius 1 is 0.931 bits per heavy atom. The first kappa shape index (κ1) is 22.4. The lowest BCUT2D eigenvalue weighted by Crippen LogP contribution is -2.46. The van der Waals surface area contributed by atoms with Crippen LogP contribution in [-0.4, -0.2) is 30.4 Å². The average Bonchev–Trinajstić information content (AvgIpc) is 2.70. The summed E-state index contributed by atoms with van der Waals surface area (Å²) in [6.07, 6.45) is 0. The third-order valence-corrected chi connectivity index (χ3v) is 4.68. The van der Waals surface area contributed by atoms with E-state index in [0.717, 1.165) is 5.56 Å². The second-order valence-electron chi connectivity index (χ2n) is 6.98. The molecule has 2 aromatic carbocycles. The zero-order valence-electron chi connectivity index (χ0n) is 16.6. The highest BCUT2D eigenvalue weighted by Crippen LogP contribution is 2.16. The van der Waals surface area contributed by atoms with Crippen LogP contribution < -0.4 is 10.6 Å². The molecule has 29 heavy (non-hydrogen) atoms. The minimum Gasteiger partial charge on any atom is -0.454 e. The smallest absolute Gasteiger partial charge is 0.329 e. The van der Waals surface area contributed by atoms with Crippen molar-refractivity contribution < 1.29 is 19.1 Å². The second-order valence-corrected chi connectivity index (χ2v) is 7.39. The van der Waals surface area contributed by atoms with Crippen LogP contribution in [0.15, 0.2) is 54.6 Å². The zero-order chi connectivity index (χ0) is 21.4. The van der Waals surface area contributed by atoms with E-state index in [4.69, 9.17) is 16.3 Å². The first-order valence-electron chi connectivity index (χ1n) is 9.36. The summed E-state index contributed by atoms with van der Waals surface area (Å²) < 4.78 is 5.13. The third kappa shape index (κ3) is 6.61. The Morgan fingerprint density at radius 2 is 1.55 bits per heavy atom. The van der Waals surface area contributed by atoms with Crippen molar-refractivity contribution in [3.05, 3.63) is 70.7 Å². The molecule has 0 unspecified atom stereocenters. The predicted molar refractivity (Wildman–Crippen MR) is 112 cm³/mol. The highest BCUT2D eigenvalue weighted by Gasteiger charge is 2.27. The minimum atomic E-state index is -0.905. The molecule has 0 bridgehead atoms. The van der Waals surface area contributed by atoms with Crippen LogP contribution >= 0.6 is 11.6 Å². The van der Waals surface area contributed by atoms with Crippen molar-refractivity contribution in [2.24, 2.45) is 5.92 Å². The number of rotatable bonds is 8. The van der Waals surface area contributed by atoms with Gasteiger partial charge in [0.1, 0.15) is 6.04 Å². The number of hydrogen-bond donors (Lipinski definition) is 2. The number of carbonyl (C=O) groups excluding carboxylic acids is 3. The first-order chi connectivity index (χ1) is 13.8. The van der Waals surface area contributed by atoms with Gasteiger partial charge < -0.3 is 15.4 Å². The predicted octanol–water partition coefficient (Wildman–Crippen LogP) is 3.52. The molecule has 2 atom stereocenters. The van der Waals surface area contributed by atoms with E-state index < -0.39 is 30.4 Å². The molecule has 6 nitrogen and oxygen atoms in total. The van der Waals surface area contributed by atoms with Crippen LogP contribution in [0.25, 0.3) is 0 Å². The summed E-state index contributed by atoms with van der Waals surface area (Å²) in [6.45, 7) is 4.96. The second kappa shape index (κ2) is 10.6. The molecule has 2 aromatic rings. The van der Waals surface area contributed by atoms with Crippen LogP contribution in [-0.2, 0) is 14.3 Å². The van der Waals surface area contributed by atoms with Gasteiger partial charge in [0.15, 0.2) is 6.61 Å². The van der Waals surface area contributed by atoms with Crippen molar-refractivity contribution in [2.75, 3.05) is 6.61 Å². The largest absolute Gasteiger partial charge is 0.454 e. The molecule has 2 N–H and O–H groups in total. The number of ether oxygens (including phenoxy) is 1. The maximum absolute atomic E-state index is 12.4. The van der Waals surface area contributed by atoms with Gasteiger partial charge >= 0.3 is 5.97 Å².